The van der Waals surface area contributed by atoms with Gasteiger partial charge in [0.05, 0.1) is 18.3 Å². The summed E-state index contributed by atoms with van der Waals surface area (Å²) in [5.41, 5.74) is 5.68. The summed E-state index contributed by atoms with van der Waals surface area (Å²) in [6.45, 7) is 2.07. The van der Waals surface area contributed by atoms with Gasteiger partial charge in [-0.2, -0.15) is 0 Å². The molecule has 1 aliphatic heterocycles. The lowest BCUT2D eigenvalue weighted by Gasteiger charge is -2.21. The van der Waals surface area contributed by atoms with Crippen LogP contribution >= 0.6 is 0 Å². The molecule has 3 aromatic carbocycles. The molecule has 0 spiro atoms. The van der Waals surface area contributed by atoms with E-state index in [0.717, 1.165) is 36.2 Å². The number of nitrogens with zero attached hydrogens (tertiary/aromatic N) is 2. The molecule has 3 heteroatoms. The van der Waals surface area contributed by atoms with Crippen molar-refractivity contribution in [2.24, 2.45) is 4.99 Å². The van der Waals surface area contributed by atoms with Gasteiger partial charge in [0.25, 0.3) is 0 Å². The number of carbonyl (C=O) groups is 1. The second kappa shape index (κ2) is 8.11. The molecule has 3 aromatic rings. The molecule has 4 rings (SSSR count). The van der Waals surface area contributed by atoms with Crippen molar-refractivity contribution in [1.29, 1.82) is 0 Å². The summed E-state index contributed by atoms with van der Waals surface area (Å²) >= 11 is 0. The van der Waals surface area contributed by atoms with Crippen molar-refractivity contribution in [3.8, 4) is 0 Å². The predicted octanol–water partition coefficient (Wildman–Crippen LogP) is 4.11. The van der Waals surface area contributed by atoms with E-state index in [1.54, 1.807) is 0 Å². The molecule has 1 heterocycles. The van der Waals surface area contributed by atoms with Crippen molar-refractivity contribution in [2.75, 3.05) is 6.54 Å². The molecule has 0 bridgehead atoms. The maximum Gasteiger partial charge on any atom is 0.139 e. The molecule has 1 atom stereocenters. The third-order valence-electron chi connectivity index (χ3n) is 5.02. The van der Waals surface area contributed by atoms with E-state index >= 15 is 0 Å². The van der Waals surface area contributed by atoms with Gasteiger partial charge in [-0.25, -0.2) is 0 Å². The molecule has 134 valence electrons. The van der Waals surface area contributed by atoms with E-state index in [1.165, 1.54) is 11.1 Å². The van der Waals surface area contributed by atoms with Crippen LogP contribution in [0.15, 0.2) is 89.9 Å². The van der Waals surface area contributed by atoms with Crippen molar-refractivity contribution in [2.45, 2.75) is 19.1 Å². The average Bonchev–Trinajstić information content (AvgIpc) is 3.16. The molecule has 0 radical (unpaired) electrons. The molecular formula is C24H22N2O. The van der Waals surface area contributed by atoms with Gasteiger partial charge in [-0.05, 0) is 11.1 Å². The van der Waals surface area contributed by atoms with Crippen LogP contribution in [-0.4, -0.2) is 29.5 Å². The highest BCUT2D eigenvalue weighted by molar-refractivity contribution is 6.12. The van der Waals surface area contributed by atoms with Gasteiger partial charge >= 0.3 is 0 Å². The summed E-state index contributed by atoms with van der Waals surface area (Å²) in [6.07, 6.45) is 1.03. The molecule has 1 unspecified atom stereocenters. The largest absolute Gasteiger partial charge is 0.302 e. The zero-order chi connectivity index (χ0) is 18.5. The van der Waals surface area contributed by atoms with Gasteiger partial charge < -0.3 is 4.79 Å². The number of rotatable bonds is 6. The Morgan fingerprint density at radius 1 is 0.815 bits per heavy atom. The molecule has 3 nitrogen and oxygen atoms in total. The van der Waals surface area contributed by atoms with Crippen LogP contribution in [0.4, 0.5) is 0 Å². The average molecular weight is 354 g/mol. The van der Waals surface area contributed by atoms with Crippen LogP contribution in [0.25, 0.3) is 0 Å². The Balaban J connectivity index is 1.58. The number of benzene rings is 3. The Morgan fingerprint density at radius 3 is 1.78 bits per heavy atom. The summed E-state index contributed by atoms with van der Waals surface area (Å²) in [5.74, 6) is 0. The minimum atomic E-state index is -0.222. The second-order valence-corrected chi connectivity index (χ2v) is 6.80. The van der Waals surface area contributed by atoms with Gasteiger partial charge in [-0.15, -0.1) is 0 Å². The second-order valence-electron chi connectivity index (χ2n) is 6.80. The molecule has 0 amide bonds. The van der Waals surface area contributed by atoms with E-state index in [-0.39, 0.29) is 6.04 Å². The van der Waals surface area contributed by atoms with Crippen LogP contribution in [0.2, 0.25) is 0 Å². The van der Waals surface area contributed by atoms with Crippen LogP contribution in [0.1, 0.15) is 22.3 Å². The standard InChI is InChI=1S/C24H22N2O/c27-18-23(26-16-21-13-7-8-14-22(21)17-26)15-25-24(19-9-3-1-4-10-19)20-11-5-2-6-12-20/h1-14,18,23H,15-17H2. The van der Waals surface area contributed by atoms with E-state index in [4.69, 9.17) is 4.99 Å². The zero-order valence-electron chi connectivity index (χ0n) is 15.2. The highest BCUT2D eigenvalue weighted by Crippen LogP contribution is 2.24. The van der Waals surface area contributed by atoms with E-state index in [2.05, 4.69) is 53.4 Å². The van der Waals surface area contributed by atoms with E-state index in [9.17, 15) is 4.79 Å². The lowest BCUT2D eigenvalue weighted by Crippen LogP contribution is -2.35. The molecule has 0 saturated carbocycles. The molecule has 0 aromatic heterocycles. The van der Waals surface area contributed by atoms with Crippen LogP contribution in [0, 0.1) is 0 Å². The SMILES string of the molecule is O=CC(CN=C(c1ccccc1)c1ccccc1)N1Cc2ccccc2C1. The number of aldehydes is 1. The maximum atomic E-state index is 11.8. The highest BCUT2D eigenvalue weighted by Gasteiger charge is 2.25. The van der Waals surface area contributed by atoms with Gasteiger partial charge in [0.1, 0.15) is 6.29 Å². The van der Waals surface area contributed by atoms with Crippen LogP contribution < -0.4 is 0 Å². The minimum Gasteiger partial charge on any atom is -0.302 e. The fraction of sp³-hybridized carbons (Fsp3) is 0.167. The molecule has 0 N–H and O–H groups in total. The van der Waals surface area contributed by atoms with Crippen molar-refractivity contribution in [1.82, 2.24) is 4.90 Å². The van der Waals surface area contributed by atoms with Gasteiger partial charge in [-0.3, -0.25) is 9.89 Å². The number of hydrogen-bond donors (Lipinski definition) is 0. The smallest absolute Gasteiger partial charge is 0.139 e. The van der Waals surface area contributed by atoms with Gasteiger partial charge in [0, 0.05) is 24.2 Å². The molecule has 0 fully saturated rings. The number of fused-ring (bicyclic) bond motifs is 1. The Kier molecular flexibility index (Phi) is 5.22. The summed E-state index contributed by atoms with van der Waals surface area (Å²) in [5, 5.41) is 0. The van der Waals surface area contributed by atoms with Gasteiger partial charge in [-0.1, -0.05) is 84.9 Å². The Morgan fingerprint density at radius 2 is 1.30 bits per heavy atom. The highest BCUT2D eigenvalue weighted by atomic mass is 16.1. The van der Waals surface area contributed by atoms with Crippen molar-refractivity contribution >= 4 is 12.0 Å². The zero-order valence-corrected chi connectivity index (χ0v) is 15.2. The Hall–Kier alpha value is -3.04. The first-order valence-electron chi connectivity index (χ1n) is 9.26. The molecule has 0 saturated heterocycles. The summed E-state index contributed by atoms with van der Waals surface area (Å²) in [4.78, 5) is 18.9. The first-order valence-corrected chi connectivity index (χ1v) is 9.26. The molecule has 0 aliphatic carbocycles. The topological polar surface area (TPSA) is 32.7 Å². The first-order chi connectivity index (χ1) is 13.3. The van der Waals surface area contributed by atoms with Gasteiger partial charge in [0.15, 0.2) is 0 Å². The molecular weight excluding hydrogens is 332 g/mol. The summed E-state index contributed by atoms with van der Waals surface area (Å²) < 4.78 is 0. The normalized spacial score (nSPS) is 14.4. The number of aliphatic imine (C=N–C) groups is 1. The van der Waals surface area contributed by atoms with E-state index in [1.807, 2.05) is 36.4 Å². The van der Waals surface area contributed by atoms with Crippen molar-refractivity contribution < 1.29 is 4.79 Å². The minimum absolute atomic E-state index is 0.222. The third kappa shape index (κ3) is 3.88. The monoisotopic (exact) mass is 354 g/mol. The fourth-order valence-corrected chi connectivity index (χ4v) is 3.56. The van der Waals surface area contributed by atoms with Crippen LogP contribution in [0.5, 0.6) is 0 Å². The van der Waals surface area contributed by atoms with Crippen LogP contribution in [0.3, 0.4) is 0 Å². The van der Waals surface area contributed by atoms with Crippen molar-refractivity contribution in [3.05, 3.63) is 107 Å². The van der Waals surface area contributed by atoms with Gasteiger partial charge in [0.2, 0.25) is 0 Å². The molecule has 1 aliphatic rings. The summed E-state index contributed by atoms with van der Waals surface area (Å²) in [7, 11) is 0. The first kappa shape index (κ1) is 17.4. The predicted molar refractivity (Wildman–Crippen MR) is 109 cm³/mol. The number of carbonyl (C=O) groups excluding carboxylic acids is 1. The lowest BCUT2D eigenvalue weighted by atomic mass is 10.0. The Labute approximate surface area is 160 Å². The fourth-order valence-electron chi connectivity index (χ4n) is 3.56. The van der Waals surface area contributed by atoms with E-state index < -0.39 is 0 Å². The lowest BCUT2D eigenvalue weighted by molar-refractivity contribution is -0.112. The summed E-state index contributed by atoms with van der Waals surface area (Å²) in [6, 6.07) is 28.5. The third-order valence-corrected chi connectivity index (χ3v) is 5.02. The van der Waals surface area contributed by atoms with Crippen LogP contribution in [-0.2, 0) is 17.9 Å². The Bertz CT molecular complexity index is 868. The van der Waals surface area contributed by atoms with E-state index in [0.29, 0.717) is 6.54 Å². The maximum absolute atomic E-state index is 11.8. The molecule has 27 heavy (non-hydrogen) atoms. The number of hydrogen-bond acceptors (Lipinski definition) is 3. The van der Waals surface area contributed by atoms with Crippen molar-refractivity contribution in [3.63, 3.8) is 0 Å². The quantitative estimate of drug-likeness (QED) is 0.493.